The first-order valence-electron chi connectivity index (χ1n) is 17.6. The molecular formula is C40H36IN7O7S2. The monoisotopic (exact) mass is 917 g/mol. The number of allylic oxidation sites excluding steroid dienone is 3. The van der Waals surface area contributed by atoms with E-state index in [0.29, 0.717) is 80.2 Å². The molecule has 0 fully saturated rings. The predicted molar refractivity (Wildman–Crippen MR) is 231 cm³/mol. The number of hydrogen-bond donors (Lipinski definition) is 4. The van der Waals surface area contributed by atoms with E-state index in [0.717, 1.165) is 8.47 Å². The number of fused-ring (bicyclic) bond motifs is 4. The number of nitrogens with two attached hydrogens (primary N) is 1. The van der Waals surface area contributed by atoms with Gasteiger partial charge in [-0.25, -0.2) is 19.7 Å². The van der Waals surface area contributed by atoms with Crippen molar-refractivity contribution in [2.75, 3.05) is 19.1 Å². The zero-order valence-corrected chi connectivity index (χ0v) is 34.7. The molecule has 4 aromatic rings. The van der Waals surface area contributed by atoms with Crippen molar-refractivity contribution in [1.29, 1.82) is 0 Å². The van der Waals surface area contributed by atoms with Crippen molar-refractivity contribution in [3.63, 3.8) is 0 Å². The highest BCUT2D eigenvalue weighted by Crippen LogP contribution is 2.42. The molecule has 57 heavy (non-hydrogen) atoms. The van der Waals surface area contributed by atoms with Crippen LogP contribution in [-0.2, 0) is 11.3 Å². The normalized spacial score (nSPS) is 12.9. The maximum Gasteiger partial charge on any atom is 0.331 e. The quantitative estimate of drug-likeness (QED) is 0.0312. The van der Waals surface area contributed by atoms with Crippen LogP contribution in [0.1, 0.15) is 32.8 Å². The molecule has 0 saturated heterocycles. The van der Waals surface area contributed by atoms with Crippen molar-refractivity contribution >= 4 is 91.2 Å². The Morgan fingerprint density at radius 3 is 2.68 bits per heavy atom. The van der Waals surface area contributed by atoms with E-state index in [1.54, 1.807) is 24.3 Å². The summed E-state index contributed by atoms with van der Waals surface area (Å²) in [4.78, 5) is 41.2. The molecule has 2 aliphatic heterocycles. The van der Waals surface area contributed by atoms with Gasteiger partial charge in [0.2, 0.25) is 6.79 Å². The second kappa shape index (κ2) is 16.4. The highest BCUT2D eigenvalue weighted by atomic mass is 127. The van der Waals surface area contributed by atoms with E-state index in [1.807, 2.05) is 35.4 Å². The molecule has 0 amide bonds. The van der Waals surface area contributed by atoms with Gasteiger partial charge in [0.1, 0.15) is 23.4 Å². The molecule has 2 aromatic carbocycles. The average molecular weight is 918 g/mol. The summed E-state index contributed by atoms with van der Waals surface area (Å²) in [6.07, 6.45) is 5.38. The lowest BCUT2D eigenvalue weighted by atomic mass is 9.90. The molecule has 0 unspecified atom stereocenters. The molecule has 0 atom stereocenters. The zero-order valence-electron chi connectivity index (χ0n) is 30.9. The first kappa shape index (κ1) is 39.6. The average Bonchev–Trinajstić information content (AvgIpc) is 3.76. The van der Waals surface area contributed by atoms with Crippen molar-refractivity contribution in [1.82, 2.24) is 29.7 Å². The number of aromatic nitrogens is 4. The number of carbonyl (C=O) groups is 1. The van der Waals surface area contributed by atoms with Gasteiger partial charge in [0.05, 0.1) is 0 Å². The lowest BCUT2D eigenvalue weighted by Gasteiger charge is -2.30. The number of nitrogens with zero attached hydrogens (tertiary/aromatic N) is 5. The van der Waals surface area contributed by atoms with Crippen LogP contribution in [-0.4, -0.2) is 65.1 Å². The number of aryl methyl sites for hydroxylation is 1. The molecule has 0 radical (unpaired) electrons. The van der Waals surface area contributed by atoms with Gasteiger partial charge in [-0.1, -0.05) is 24.4 Å². The Hall–Kier alpha value is -5.66. The van der Waals surface area contributed by atoms with Crippen molar-refractivity contribution in [2.45, 2.75) is 49.8 Å². The van der Waals surface area contributed by atoms with Crippen molar-refractivity contribution in [2.24, 2.45) is 0 Å². The first-order valence-corrected chi connectivity index (χ1v) is 19.9. The number of ether oxygens (including phenoxy) is 2. The second-order valence-electron chi connectivity index (χ2n) is 13.3. The number of nitrogen functional groups attached to an aromatic ring is 1. The minimum absolute atomic E-state index is 0.0150. The summed E-state index contributed by atoms with van der Waals surface area (Å²) in [6.45, 7) is 11.0. The number of halogens is 1. The smallest absolute Gasteiger partial charge is 0.331 e. The number of rotatable bonds is 12. The number of thiocarbonyl (C=S) groups is 1. The Bertz CT molecular complexity index is 2690. The number of nitrogens with one attached hydrogen (secondary N) is 1. The number of benzene rings is 3. The maximum atomic E-state index is 12.4. The van der Waals surface area contributed by atoms with Crippen LogP contribution in [0.25, 0.3) is 39.0 Å². The number of imidazole rings is 1. The summed E-state index contributed by atoms with van der Waals surface area (Å²) in [5.41, 5.74) is 9.23. The van der Waals surface area contributed by atoms with E-state index < -0.39 is 5.97 Å². The van der Waals surface area contributed by atoms with E-state index >= 15 is 0 Å². The highest BCUT2D eigenvalue weighted by Gasteiger charge is 2.24. The summed E-state index contributed by atoms with van der Waals surface area (Å²) in [6, 6.07) is 12.8. The van der Waals surface area contributed by atoms with Crippen LogP contribution in [0.2, 0.25) is 0 Å². The van der Waals surface area contributed by atoms with Gasteiger partial charge >= 0.3 is 5.97 Å². The van der Waals surface area contributed by atoms with Gasteiger partial charge in [0, 0.05) is 67.5 Å². The second-order valence-corrected chi connectivity index (χ2v) is 15.9. The fraction of sp³-hybridized carbons (Fsp3) is 0.200. The molecule has 3 aliphatic rings. The predicted octanol–water partition coefficient (Wildman–Crippen LogP) is 7.41. The Morgan fingerprint density at radius 2 is 1.93 bits per heavy atom. The number of anilines is 1. The van der Waals surface area contributed by atoms with Gasteiger partial charge in [0.25, 0.3) is 0 Å². The number of hydrogen-bond acceptors (Lipinski definition) is 12. The molecule has 0 spiro atoms. The topological polar surface area (TPSA) is 191 Å². The minimum atomic E-state index is -1.14. The molecule has 0 saturated carbocycles. The molecule has 292 valence electrons. The Balaban J connectivity index is 1.10. The lowest BCUT2D eigenvalue weighted by Crippen LogP contribution is -2.43. The highest BCUT2D eigenvalue weighted by molar-refractivity contribution is 14.1. The van der Waals surface area contributed by atoms with Gasteiger partial charge in [-0.3, -0.25) is 4.79 Å². The lowest BCUT2D eigenvalue weighted by molar-refractivity contribution is -0.132. The summed E-state index contributed by atoms with van der Waals surface area (Å²) < 4.78 is 20.1. The van der Waals surface area contributed by atoms with Crippen LogP contribution in [0.15, 0.2) is 104 Å². The van der Waals surface area contributed by atoms with E-state index in [4.69, 9.17) is 36.8 Å². The molecular weight excluding hydrogens is 882 g/mol. The fourth-order valence-corrected chi connectivity index (χ4v) is 8.52. The van der Waals surface area contributed by atoms with Crippen LogP contribution in [0, 0.1) is 3.57 Å². The van der Waals surface area contributed by atoms with E-state index in [-0.39, 0.29) is 46.7 Å². The largest absolute Gasteiger partial charge is 0.508 e. The third-order valence-electron chi connectivity index (χ3n) is 9.21. The summed E-state index contributed by atoms with van der Waals surface area (Å²) in [7, 11) is 0. The number of phenols is 1. The van der Waals surface area contributed by atoms with Crippen LogP contribution in [0.3, 0.4) is 0 Å². The first-order chi connectivity index (χ1) is 27.3. The molecule has 7 rings (SSSR count). The van der Waals surface area contributed by atoms with Gasteiger partial charge < -0.3 is 44.6 Å². The number of phenolic OH excluding ortho intramolecular Hbond substituents is 1. The number of aliphatic carboxylic acids is 1. The van der Waals surface area contributed by atoms with Crippen LogP contribution >= 0.6 is 46.6 Å². The molecule has 14 nitrogen and oxygen atoms in total. The number of carboxylic acids is 1. The SMILES string of the molecule is C=C(/C=C\C(=C(/C)C(=O)O)c1c2ccc(=O)cc-2oc2cc(O)ccc12)NC(=S)N(CCCn1c(Sc2cc3c(cc2I)OCO3)nc2c(N)ncnc21)C(C)C. The van der Waals surface area contributed by atoms with Gasteiger partial charge in [-0.05, 0) is 110 Å². The molecule has 17 heteroatoms. The molecule has 0 bridgehead atoms. The molecule has 1 aliphatic carbocycles. The molecule has 4 heterocycles. The fourth-order valence-electron chi connectivity index (χ4n) is 6.38. The van der Waals surface area contributed by atoms with Gasteiger partial charge in [-0.15, -0.1) is 0 Å². The van der Waals surface area contributed by atoms with Gasteiger partial charge in [-0.2, -0.15) is 0 Å². The van der Waals surface area contributed by atoms with E-state index in [1.165, 1.54) is 49.3 Å². The van der Waals surface area contributed by atoms with Crippen LogP contribution in [0.4, 0.5) is 5.82 Å². The third-order valence-corrected chi connectivity index (χ3v) is 11.9. The van der Waals surface area contributed by atoms with E-state index in [9.17, 15) is 19.8 Å². The zero-order chi connectivity index (χ0) is 40.5. The minimum Gasteiger partial charge on any atom is -0.508 e. The maximum absolute atomic E-state index is 12.4. The summed E-state index contributed by atoms with van der Waals surface area (Å²) in [5.74, 6) is 0.734. The van der Waals surface area contributed by atoms with Crippen molar-refractivity contribution in [3.05, 3.63) is 104 Å². The molecule has 2 aromatic heterocycles. The number of aromatic hydroxyl groups is 1. The van der Waals surface area contributed by atoms with Crippen molar-refractivity contribution in [3.8, 4) is 28.6 Å². The van der Waals surface area contributed by atoms with E-state index in [2.05, 4.69) is 44.5 Å². The number of carboxylic acid groups (broad SMARTS) is 1. The Labute approximate surface area is 349 Å². The third kappa shape index (κ3) is 8.26. The molecule has 5 N–H and O–H groups in total. The standard InChI is InChI=1S/C40H36IN7O7S2/c1-20(2)47(12-5-13-48-37-35(36(42)43-18-44-37)46-40(48)57-33-17-32-31(16-28(33)41)53-19-54-32)39(56)45-21(3)6-9-25(22(4)38(51)52)34-26-10-7-23(49)14-29(26)55-30-15-24(50)8-11-27(30)34/h6-11,14-18,20,49H,3,5,12-13,19H2,1-2,4H3,(H,45,56)(H,51,52)(H2,42,43,44)/b9-6-,25-22-. The summed E-state index contributed by atoms with van der Waals surface area (Å²) >= 11 is 9.63. The van der Waals surface area contributed by atoms with Crippen molar-refractivity contribution < 1.29 is 28.9 Å². The summed E-state index contributed by atoms with van der Waals surface area (Å²) in [5, 5.41) is 25.2. The Kier molecular flexibility index (Phi) is 11.4. The van der Waals surface area contributed by atoms with Gasteiger partial charge in [0.15, 0.2) is 44.2 Å². The Morgan fingerprint density at radius 1 is 1.16 bits per heavy atom. The van der Waals surface area contributed by atoms with Crippen LogP contribution in [0.5, 0.6) is 17.2 Å². The van der Waals surface area contributed by atoms with Crippen LogP contribution < -0.4 is 26.0 Å².